The van der Waals surface area contributed by atoms with Crippen molar-refractivity contribution in [1.82, 2.24) is 0 Å². The van der Waals surface area contributed by atoms with Gasteiger partial charge in [-0.05, 0) is 66.6 Å². The maximum atomic E-state index is 9.42. The number of anilines is 3. The molecule has 4 aromatic carbocycles. The highest BCUT2D eigenvalue weighted by molar-refractivity contribution is 5.78. The van der Waals surface area contributed by atoms with E-state index in [4.69, 9.17) is 9.84 Å². The average molecular weight is 426 g/mol. The van der Waals surface area contributed by atoms with Crippen LogP contribution in [-0.2, 0) is 0 Å². The van der Waals surface area contributed by atoms with Crippen LogP contribution < -0.4 is 9.64 Å². The Hall–Kier alpha value is -3.60. The van der Waals surface area contributed by atoms with Crippen LogP contribution in [0.25, 0.3) is 11.1 Å². The van der Waals surface area contributed by atoms with Crippen LogP contribution in [0.2, 0.25) is 0 Å². The average Bonchev–Trinajstić information content (AvgIpc) is 2.85. The molecule has 0 amide bonds. The van der Waals surface area contributed by atoms with E-state index in [0.717, 1.165) is 28.2 Å². The van der Waals surface area contributed by atoms with Gasteiger partial charge in [0, 0.05) is 17.1 Å². The summed E-state index contributed by atoms with van der Waals surface area (Å²) in [6.45, 7) is 1.85. The van der Waals surface area contributed by atoms with Crippen LogP contribution in [0.3, 0.4) is 0 Å². The lowest BCUT2D eigenvalue weighted by atomic mass is 10.0. The Morgan fingerprint density at radius 3 is 1.75 bits per heavy atom. The molecule has 4 nitrogen and oxygen atoms in total. The molecule has 0 radical (unpaired) electrons. The number of aliphatic hydroxyl groups excluding tert-OH is 2. The molecule has 0 bridgehead atoms. The third-order valence-corrected chi connectivity index (χ3v) is 5.27. The van der Waals surface area contributed by atoms with E-state index in [-0.39, 0.29) is 13.2 Å². The Labute approximate surface area is 189 Å². The van der Waals surface area contributed by atoms with E-state index >= 15 is 0 Å². The number of hydrogen-bond donors (Lipinski definition) is 2. The third kappa shape index (κ3) is 5.17. The van der Waals surface area contributed by atoms with E-state index in [1.54, 1.807) is 0 Å². The predicted octanol–water partition coefficient (Wildman–Crippen LogP) is 5.86. The first-order chi connectivity index (χ1) is 15.6. The van der Waals surface area contributed by atoms with Crippen LogP contribution in [0, 0.1) is 6.92 Å². The standard InChI is InChI=1S/C28H27NO3/c1-21-7-13-25(14-8-21)29(24-5-3-2-4-6-24)26-15-9-22(10-16-26)23-11-17-28(18-12-23)32-20-27(31)19-30/h2-18,27,30-31H,19-20H2,1H3. The van der Waals surface area contributed by atoms with Gasteiger partial charge in [0.25, 0.3) is 0 Å². The molecule has 4 aromatic rings. The molecular formula is C28H27NO3. The maximum Gasteiger partial charge on any atom is 0.119 e. The lowest BCUT2D eigenvalue weighted by Crippen LogP contribution is -2.21. The monoisotopic (exact) mass is 425 g/mol. The van der Waals surface area contributed by atoms with Gasteiger partial charge < -0.3 is 19.8 Å². The minimum absolute atomic E-state index is 0.0683. The molecule has 4 rings (SSSR count). The molecule has 0 aliphatic heterocycles. The fourth-order valence-electron chi connectivity index (χ4n) is 3.51. The first kappa shape index (κ1) is 21.6. The summed E-state index contributed by atoms with van der Waals surface area (Å²) in [5.41, 5.74) is 6.72. The molecule has 2 N–H and O–H groups in total. The van der Waals surface area contributed by atoms with E-state index in [1.807, 2.05) is 42.5 Å². The topological polar surface area (TPSA) is 52.9 Å². The predicted molar refractivity (Wildman–Crippen MR) is 130 cm³/mol. The van der Waals surface area contributed by atoms with Gasteiger partial charge in [-0.15, -0.1) is 0 Å². The number of rotatable bonds is 8. The van der Waals surface area contributed by atoms with Gasteiger partial charge in [-0.2, -0.15) is 0 Å². The summed E-state index contributed by atoms with van der Waals surface area (Å²) in [5, 5.41) is 18.3. The van der Waals surface area contributed by atoms with Gasteiger partial charge in [-0.1, -0.05) is 60.2 Å². The molecule has 0 aliphatic rings. The van der Waals surface area contributed by atoms with Crippen LogP contribution in [0.1, 0.15) is 5.56 Å². The lowest BCUT2D eigenvalue weighted by Gasteiger charge is -2.25. The lowest BCUT2D eigenvalue weighted by molar-refractivity contribution is 0.0536. The van der Waals surface area contributed by atoms with Gasteiger partial charge >= 0.3 is 0 Å². The van der Waals surface area contributed by atoms with Crippen LogP contribution >= 0.6 is 0 Å². The fraction of sp³-hybridized carbons (Fsp3) is 0.143. The van der Waals surface area contributed by atoms with Crippen LogP contribution in [-0.4, -0.2) is 29.5 Å². The highest BCUT2D eigenvalue weighted by Crippen LogP contribution is 2.35. The third-order valence-electron chi connectivity index (χ3n) is 5.27. The van der Waals surface area contributed by atoms with Gasteiger partial charge in [0.15, 0.2) is 0 Å². The van der Waals surface area contributed by atoms with E-state index in [0.29, 0.717) is 5.75 Å². The molecule has 0 saturated carbocycles. The number of aliphatic hydroxyl groups is 2. The van der Waals surface area contributed by atoms with Crippen molar-refractivity contribution in [1.29, 1.82) is 0 Å². The van der Waals surface area contributed by atoms with E-state index in [9.17, 15) is 5.11 Å². The van der Waals surface area contributed by atoms with Crippen LogP contribution in [0.5, 0.6) is 5.75 Å². The van der Waals surface area contributed by atoms with Crippen molar-refractivity contribution in [2.45, 2.75) is 13.0 Å². The Morgan fingerprint density at radius 1 is 0.688 bits per heavy atom. The smallest absolute Gasteiger partial charge is 0.119 e. The van der Waals surface area contributed by atoms with Crippen LogP contribution in [0.4, 0.5) is 17.1 Å². The zero-order chi connectivity index (χ0) is 22.3. The second-order valence-electron chi connectivity index (χ2n) is 7.73. The summed E-state index contributed by atoms with van der Waals surface area (Å²) in [7, 11) is 0. The minimum Gasteiger partial charge on any atom is -0.491 e. The normalized spacial score (nSPS) is 11.7. The fourth-order valence-corrected chi connectivity index (χ4v) is 3.51. The van der Waals surface area contributed by atoms with Gasteiger partial charge in [0.2, 0.25) is 0 Å². The first-order valence-electron chi connectivity index (χ1n) is 10.7. The van der Waals surface area contributed by atoms with E-state index < -0.39 is 6.10 Å². The number of hydrogen-bond acceptors (Lipinski definition) is 4. The van der Waals surface area contributed by atoms with Gasteiger partial charge in [0.05, 0.1) is 6.61 Å². The molecule has 32 heavy (non-hydrogen) atoms. The summed E-state index contributed by atoms with van der Waals surface area (Å²) < 4.78 is 5.49. The second kappa shape index (κ2) is 10.1. The molecule has 0 spiro atoms. The van der Waals surface area contributed by atoms with Crippen molar-refractivity contribution in [2.24, 2.45) is 0 Å². The molecule has 162 valence electrons. The summed E-state index contributed by atoms with van der Waals surface area (Å²) in [6.07, 6.45) is -0.872. The highest BCUT2D eigenvalue weighted by Gasteiger charge is 2.12. The largest absolute Gasteiger partial charge is 0.491 e. The second-order valence-corrected chi connectivity index (χ2v) is 7.73. The number of ether oxygens (including phenoxy) is 1. The molecule has 1 unspecified atom stereocenters. The van der Waals surface area contributed by atoms with Crippen molar-refractivity contribution in [2.75, 3.05) is 18.1 Å². The molecule has 1 atom stereocenters. The van der Waals surface area contributed by atoms with E-state index in [1.165, 1.54) is 5.56 Å². The zero-order valence-corrected chi connectivity index (χ0v) is 18.1. The summed E-state index contributed by atoms with van der Waals surface area (Å²) in [4.78, 5) is 2.24. The van der Waals surface area contributed by atoms with Crippen molar-refractivity contribution in [3.8, 4) is 16.9 Å². The Balaban J connectivity index is 1.57. The first-order valence-corrected chi connectivity index (χ1v) is 10.7. The van der Waals surface area contributed by atoms with Crippen molar-refractivity contribution in [3.63, 3.8) is 0 Å². The molecule has 0 aliphatic carbocycles. The summed E-state index contributed by atoms with van der Waals surface area (Å²) in [6, 6.07) is 35.1. The SMILES string of the molecule is Cc1ccc(N(c2ccccc2)c2ccc(-c3ccc(OCC(O)CO)cc3)cc2)cc1. The molecule has 0 heterocycles. The number of nitrogens with zero attached hydrogens (tertiary/aromatic N) is 1. The molecule has 0 saturated heterocycles. The molecular weight excluding hydrogens is 398 g/mol. The number of para-hydroxylation sites is 1. The zero-order valence-electron chi connectivity index (χ0n) is 18.1. The Kier molecular flexibility index (Phi) is 6.85. The van der Waals surface area contributed by atoms with E-state index in [2.05, 4.69) is 72.5 Å². The molecule has 0 fully saturated rings. The highest BCUT2D eigenvalue weighted by atomic mass is 16.5. The minimum atomic E-state index is -0.872. The molecule has 0 aromatic heterocycles. The van der Waals surface area contributed by atoms with Gasteiger partial charge in [-0.25, -0.2) is 0 Å². The Bertz CT molecular complexity index is 1110. The van der Waals surface area contributed by atoms with Crippen molar-refractivity contribution in [3.05, 3.63) is 109 Å². The number of benzene rings is 4. The Morgan fingerprint density at radius 2 is 1.19 bits per heavy atom. The number of aryl methyl sites for hydroxylation is 1. The van der Waals surface area contributed by atoms with Crippen molar-refractivity contribution >= 4 is 17.1 Å². The quantitative estimate of drug-likeness (QED) is 0.371. The van der Waals surface area contributed by atoms with Gasteiger partial charge in [-0.3, -0.25) is 0 Å². The summed E-state index contributed by atoms with van der Waals surface area (Å²) in [5.74, 6) is 0.660. The maximum absolute atomic E-state index is 9.42. The van der Waals surface area contributed by atoms with Crippen LogP contribution in [0.15, 0.2) is 103 Å². The van der Waals surface area contributed by atoms with Gasteiger partial charge in [0.1, 0.15) is 18.5 Å². The summed E-state index contributed by atoms with van der Waals surface area (Å²) >= 11 is 0. The molecule has 4 heteroatoms. The van der Waals surface area contributed by atoms with Crippen molar-refractivity contribution < 1.29 is 14.9 Å².